The molecule has 9 heteroatoms. The molecule has 0 atom stereocenters. The Morgan fingerprint density at radius 2 is 1.91 bits per heavy atom. The SMILES string of the molecule is CCCc1nc2c(C)ccnc2n1Cc1ccc2oc(-c3ccccc3-c3nn[nH]n3)nc2c1. The van der Waals surface area contributed by atoms with Gasteiger partial charge < -0.3 is 8.98 Å². The van der Waals surface area contributed by atoms with E-state index in [2.05, 4.69) is 56.2 Å². The Labute approximate surface area is 194 Å². The van der Waals surface area contributed by atoms with Crippen LogP contribution in [0.15, 0.2) is 59.1 Å². The molecule has 0 aliphatic heterocycles. The van der Waals surface area contributed by atoms with Crippen molar-refractivity contribution in [3.05, 3.63) is 71.7 Å². The molecule has 168 valence electrons. The van der Waals surface area contributed by atoms with Gasteiger partial charge in [0.15, 0.2) is 11.2 Å². The van der Waals surface area contributed by atoms with Gasteiger partial charge in [0.1, 0.15) is 16.9 Å². The van der Waals surface area contributed by atoms with Crippen LogP contribution in [-0.4, -0.2) is 40.1 Å². The summed E-state index contributed by atoms with van der Waals surface area (Å²) in [5, 5.41) is 14.4. The zero-order chi connectivity index (χ0) is 23.1. The van der Waals surface area contributed by atoms with Gasteiger partial charge in [0.2, 0.25) is 11.7 Å². The smallest absolute Gasteiger partial charge is 0.228 e. The molecule has 0 aliphatic carbocycles. The van der Waals surface area contributed by atoms with Gasteiger partial charge in [0.05, 0.1) is 6.54 Å². The van der Waals surface area contributed by atoms with Crippen LogP contribution in [0.2, 0.25) is 0 Å². The number of pyridine rings is 1. The first-order valence-electron chi connectivity index (χ1n) is 11.2. The van der Waals surface area contributed by atoms with Gasteiger partial charge in [-0.25, -0.2) is 15.0 Å². The van der Waals surface area contributed by atoms with Crippen LogP contribution in [0.1, 0.15) is 30.3 Å². The summed E-state index contributed by atoms with van der Waals surface area (Å²) in [7, 11) is 0. The first-order chi connectivity index (χ1) is 16.7. The van der Waals surface area contributed by atoms with Crippen LogP contribution in [-0.2, 0) is 13.0 Å². The maximum Gasteiger partial charge on any atom is 0.228 e. The lowest BCUT2D eigenvalue weighted by Crippen LogP contribution is -2.06. The minimum Gasteiger partial charge on any atom is -0.436 e. The Balaban J connectivity index is 1.40. The monoisotopic (exact) mass is 450 g/mol. The van der Waals surface area contributed by atoms with Crippen molar-refractivity contribution < 1.29 is 4.42 Å². The Morgan fingerprint density at radius 3 is 2.74 bits per heavy atom. The van der Waals surface area contributed by atoms with Crippen LogP contribution in [0.5, 0.6) is 0 Å². The van der Waals surface area contributed by atoms with Crippen LogP contribution >= 0.6 is 0 Å². The number of fused-ring (bicyclic) bond motifs is 2. The van der Waals surface area contributed by atoms with Gasteiger partial charge in [0.25, 0.3) is 0 Å². The molecule has 0 radical (unpaired) electrons. The molecule has 34 heavy (non-hydrogen) atoms. The molecule has 0 saturated carbocycles. The largest absolute Gasteiger partial charge is 0.436 e. The average Bonchev–Trinajstić information content (AvgIpc) is 3.59. The topological polar surface area (TPSA) is 111 Å². The van der Waals surface area contributed by atoms with Crippen molar-refractivity contribution in [2.24, 2.45) is 0 Å². The molecule has 2 aromatic carbocycles. The van der Waals surface area contributed by atoms with Crippen LogP contribution in [0, 0.1) is 6.92 Å². The molecular weight excluding hydrogens is 428 g/mol. The summed E-state index contributed by atoms with van der Waals surface area (Å²) >= 11 is 0. The molecule has 0 spiro atoms. The summed E-state index contributed by atoms with van der Waals surface area (Å²) < 4.78 is 8.31. The fourth-order valence-corrected chi connectivity index (χ4v) is 4.27. The molecule has 4 heterocycles. The Bertz CT molecular complexity index is 1610. The third-order valence-corrected chi connectivity index (χ3v) is 5.92. The van der Waals surface area contributed by atoms with Crippen molar-refractivity contribution in [2.45, 2.75) is 33.2 Å². The van der Waals surface area contributed by atoms with Gasteiger partial charge in [-0.3, -0.25) is 0 Å². The molecule has 0 amide bonds. The maximum absolute atomic E-state index is 6.10. The summed E-state index contributed by atoms with van der Waals surface area (Å²) in [6.07, 6.45) is 3.77. The van der Waals surface area contributed by atoms with Gasteiger partial charge >= 0.3 is 0 Å². The van der Waals surface area contributed by atoms with E-state index in [0.717, 1.165) is 63.2 Å². The molecule has 0 fully saturated rings. The lowest BCUT2D eigenvalue weighted by Gasteiger charge is -2.08. The highest BCUT2D eigenvalue weighted by atomic mass is 16.3. The Hall–Kier alpha value is -4.40. The van der Waals surface area contributed by atoms with Crippen molar-refractivity contribution in [1.82, 2.24) is 40.1 Å². The number of hydrogen-bond acceptors (Lipinski definition) is 7. The average molecular weight is 451 g/mol. The normalized spacial score (nSPS) is 11.6. The molecule has 0 unspecified atom stereocenters. The molecule has 0 aliphatic rings. The number of aromatic nitrogens is 8. The van der Waals surface area contributed by atoms with Gasteiger partial charge in [-0.15, -0.1) is 10.2 Å². The predicted octanol–water partition coefficient (Wildman–Crippen LogP) is 4.73. The number of hydrogen-bond donors (Lipinski definition) is 1. The lowest BCUT2D eigenvalue weighted by atomic mass is 10.1. The molecule has 0 saturated heterocycles. The number of aromatic amines is 1. The van der Waals surface area contributed by atoms with E-state index in [9.17, 15) is 0 Å². The number of oxazole rings is 1. The number of nitrogens with one attached hydrogen (secondary N) is 1. The van der Waals surface area contributed by atoms with Crippen molar-refractivity contribution in [2.75, 3.05) is 0 Å². The predicted molar refractivity (Wildman–Crippen MR) is 128 cm³/mol. The highest BCUT2D eigenvalue weighted by molar-refractivity contribution is 5.82. The fourth-order valence-electron chi connectivity index (χ4n) is 4.27. The number of imidazole rings is 1. The summed E-state index contributed by atoms with van der Waals surface area (Å²) in [6.45, 7) is 4.91. The van der Waals surface area contributed by atoms with Crippen LogP contribution in [0.4, 0.5) is 0 Å². The van der Waals surface area contributed by atoms with E-state index < -0.39 is 0 Å². The quantitative estimate of drug-likeness (QED) is 0.390. The molecule has 4 aromatic heterocycles. The van der Waals surface area contributed by atoms with Gasteiger partial charge in [-0.1, -0.05) is 31.2 Å². The Morgan fingerprint density at radius 1 is 1.03 bits per heavy atom. The van der Waals surface area contributed by atoms with E-state index in [1.54, 1.807) is 0 Å². The zero-order valence-electron chi connectivity index (χ0n) is 18.9. The van der Waals surface area contributed by atoms with E-state index in [4.69, 9.17) is 14.4 Å². The molecule has 1 N–H and O–H groups in total. The van der Waals surface area contributed by atoms with Crippen molar-refractivity contribution in [1.29, 1.82) is 0 Å². The second-order valence-electron chi connectivity index (χ2n) is 8.27. The van der Waals surface area contributed by atoms with Crippen LogP contribution in [0.3, 0.4) is 0 Å². The fraction of sp³-hybridized carbons (Fsp3) is 0.200. The summed E-state index contributed by atoms with van der Waals surface area (Å²) in [4.78, 5) is 14.3. The zero-order valence-corrected chi connectivity index (χ0v) is 18.9. The number of nitrogens with zero attached hydrogens (tertiary/aromatic N) is 7. The highest BCUT2D eigenvalue weighted by Crippen LogP contribution is 2.32. The first kappa shape index (κ1) is 20.2. The second kappa shape index (κ2) is 8.18. The number of benzene rings is 2. The third kappa shape index (κ3) is 3.42. The molecule has 9 nitrogen and oxygen atoms in total. The minimum absolute atomic E-state index is 0.497. The molecular formula is C25H22N8O. The van der Waals surface area contributed by atoms with E-state index >= 15 is 0 Å². The summed E-state index contributed by atoms with van der Waals surface area (Å²) in [5.74, 6) is 2.07. The third-order valence-electron chi connectivity index (χ3n) is 5.92. The number of rotatable bonds is 6. The summed E-state index contributed by atoms with van der Waals surface area (Å²) in [6, 6.07) is 15.8. The highest BCUT2D eigenvalue weighted by Gasteiger charge is 2.17. The second-order valence-corrected chi connectivity index (χ2v) is 8.27. The van der Waals surface area contributed by atoms with E-state index in [0.29, 0.717) is 18.3 Å². The van der Waals surface area contributed by atoms with Gasteiger partial charge in [0, 0.05) is 23.7 Å². The number of tetrazole rings is 1. The van der Waals surface area contributed by atoms with Crippen molar-refractivity contribution in [3.8, 4) is 22.8 Å². The maximum atomic E-state index is 6.10. The van der Waals surface area contributed by atoms with Crippen LogP contribution in [0.25, 0.3) is 45.1 Å². The molecule has 6 aromatic rings. The summed E-state index contributed by atoms with van der Waals surface area (Å²) in [5.41, 5.74) is 7.26. The standard InChI is InChI=1S/C25H22N8O/c1-3-6-21-28-22-15(2)11-12-26-24(22)33(21)14-16-9-10-20-19(13-16)27-25(34-20)18-8-5-4-7-17(18)23-29-31-32-30-23/h4-5,7-13H,3,6,14H2,1-2H3,(H,29,30,31,32). The Kier molecular flexibility index (Phi) is 4.87. The van der Waals surface area contributed by atoms with E-state index in [-0.39, 0.29) is 0 Å². The lowest BCUT2D eigenvalue weighted by molar-refractivity contribution is 0.620. The molecule has 6 rings (SSSR count). The number of H-pyrrole nitrogens is 1. The first-order valence-corrected chi connectivity index (χ1v) is 11.2. The number of aryl methyl sites for hydroxylation is 2. The minimum atomic E-state index is 0.497. The van der Waals surface area contributed by atoms with Gasteiger partial charge in [-0.05, 0) is 54.0 Å². The van der Waals surface area contributed by atoms with Crippen molar-refractivity contribution in [3.63, 3.8) is 0 Å². The van der Waals surface area contributed by atoms with E-state index in [1.165, 1.54) is 0 Å². The van der Waals surface area contributed by atoms with Crippen LogP contribution < -0.4 is 0 Å². The van der Waals surface area contributed by atoms with Crippen molar-refractivity contribution >= 4 is 22.3 Å². The van der Waals surface area contributed by atoms with E-state index in [1.807, 2.05) is 42.6 Å². The van der Waals surface area contributed by atoms with Gasteiger partial charge in [-0.2, -0.15) is 5.21 Å². The molecule has 0 bridgehead atoms.